The Bertz CT molecular complexity index is 695. The molecule has 0 bridgehead atoms. The van der Waals surface area contributed by atoms with Crippen LogP contribution in [-0.2, 0) is 21.2 Å². The van der Waals surface area contributed by atoms with Gasteiger partial charge in [-0.05, 0) is 30.9 Å². The van der Waals surface area contributed by atoms with Gasteiger partial charge >= 0.3 is 0 Å². The van der Waals surface area contributed by atoms with E-state index in [1.165, 1.54) is 4.31 Å². The zero-order chi connectivity index (χ0) is 17.9. The molecule has 0 radical (unpaired) electrons. The van der Waals surface area contributed by atoms with E-state index in [-0.39, 0.29) is 17.8 Å². The number of rotatable bonds is 7. The van der Waals surface area contributed by atoms with Gasteiger partial charge in [0.1, 0.15) is 17.9 Å². The molecule has 2 atom stereocenters. The second kappa shape index (κ2) is 7.74. The van der Waals surface area contributed by atoms with Crippen LogP contribution in [0.3, 0.4) is 0 Å². The fraction of sp³-hybridized carbons (Fsp3) is 0.611. The minimum Gasteiger partial charge on any atom is -0.488 e. The molecule has 6 nitrogen and oxygen atoms in total. The molecule has 1 N–H and O–H groups in total. The van der Waals surface area contributed by atoms with E-state index in [2.05, 4.69) is 5.32 Å². The first-order chi connectivity index (χ1) is 12.0. The van der Waals surface area contributed by atoms with Crippen LogP contribution < -0.4 is 10.1 Å². The Morgan fingerprint density at radius 3 is 2.92 bits per heavy atom. The number of fused-ring (bicyclic) bond motifs is 1. The van der Waals surface area contributed by atoms with Crippen LogP contribution in [0.25, 0.3) is 0 Å². The van der Waals surface area contributed by atoms with Gasteiger partial charge in [-0.25, -0.2) is 8.42 Å². The number of ether oxygens (including phenoxy) is 1. The molecule has 1 aromatic carbocycles. The predicted molar refractivity (Wildman–Crippen MR) is 96.0 cm³/mol. The second-order valence-corrected chi connectivity index (χ2v) is 8.78. The van der Waals surface area contributed by atoms with E-state index in [9.17, 15) is 13.2 Å². The van der Waals surface area contributed by atoms with E-state index in [0.717, 1.165) is 30.6 Å². The third-order valence-electron chi connectivity index (χ3n) is 4.84. The molecule has 1 fully saturated rings. The van der Waals surface area contributed by atoms with Gasteiger partial charge in [0.2, 0.25) is 15.9 Å². The number of amides is 1. The monoisotopic (exact) mass is 366 g/mol. The van der Waals surface area contributed by atoms with E-state index in [1.807, 2.05) is 31.2 Å². The number of hydrogen-bond donors (Lipinski definition) is 1. The number of nitrogens with one attached hydrogen (secondary N) is 1. The van der Waals surface area contributed by atoms with E-state index in [1.54, 1.807) is 0 Å². The van der Waals surface area contributed by atoms with Gasteiger partial charge in [0, 0.05) is 13.0 Å². The number of sulfonamides is 1. The number of para-hydroxylation sites is 1. The van der Waals surface area contributed by atoms with Gasteiger partial charge in [-0.15, -0.1) is 0 Å². The molecule has 0 spiro atoms. The molecule has 1 saturated heterocycles. The normalized spacial score (nSPS) is 23.2. The topological polar surface area (TPSA) is 75.7 Å². The number of nitrogens with zero attached hydrogens (tertiary/aromatic N) is 1. The maximum Gasteiger partial charge on any atom is 0.238 e. The first-order valence-corrected chi connectivity index (χ1v) is 10.6. The van der Waals surface area contributed by atoms with Crippen LogP contribution in [0.2, 0.25) is 0 Å². The summed E-state index contributed by atoms with van der Waals surface area (Å²) < 4.78 is 32.1. The smallest absolute Gasteiger partial charge is 0.238 e. The van der Waals surface area contributed by atoms with E-state index in [4.69, 9.17) is 4.74 Å². The van der Waals surface area contributed by atoms with E-state index in [0.29, 0.717) is 25.9 Å². The van der Waals surface area contributed by atoms with Crippen LogP contribution in [0.4, 0.5) is 0 Å². The summed E-state index contributed by atoms with van der Waals surface area (Å²) in [7, 11) is -3.36. The fourth-order valence-electron chi connectivity index (χ4n) is 3.48. The van der Waals surface area contributed by atoms with E-state index >= 15 is 0 Å². The van der Waals surface area contributed by atoms with Crippen molar-refractivity contribution in [3.63, 3.8) is 0 Å². The lowest BCUT2D eigenvalue weighted by Gasteiger charge is -2.24. The standard InChI is InChI=1S/C18H26N2O4S/c1-2-3-11-25(22,23)20-10-6-8-16(20)18(21)19-13-15-12-14-7-4-5-9-17(14)24-15/h4-5,7,9,15-16H,2-3,6,8,10-13H2,1H3,(H,19,21). The first-order valence-electron chi connectivity index (χ1n) is 9.03. The Kier molecular flexibility index (Phi) is 5.64. The van der Waals surface area contributed by atoms with Crippen molar-refractivity contribution in [3.8, 4) is 5.75 Å². The Hall–Kier alpha value is -1.60. The number of carbonyl (C=O) groups excluding carboxylic acids is 1. The summed E-state index contributed by atoms with van der Waals surface area (Å²) in [5.74, 6) is 0.775. The Labute approximate surface area is 149 Å². The summed E-state index contributed by atoms with van der Waals surface area (Å²) in [6.07, 6.45) is 3.44. The van der Waals surface area contributed by atoms with Crippen molar-refractivity contribution in [2.24, 2.45) is 0 Å². The van der Waals surface area contributed by atoms with Crippen LogP contribution in [-0.4, -0.2) is 49.6 Å². The highest BCUT2D eigenvalue weighted by Gasteiger charge is 2.38. The third-order valence-corrected chi connectivity index (χ3v) is 6.79. The zero-order valence-electron chi connectivity index (χ0n) is 14.6. The average Bonchev–Trinajstić information content (AvgIpc) is 3.24. The molecule has 7 heteroatoms. The third kappa shape index (κ3) is 4.15. The largest absolute Gasteiger partial charge is 0.488 e. The molecule has 138 valence electrons. The molecule has 2 aliphatic heterocycles. The van der Waals surface area contributed by atoms with Gasteiger partial charge in [-0.3, -0.25) is 4.79 Å². The Morgan fingerprint density at radius 1 is 1.36 bits per heavy atom. The minimum absolute atomic E-state index is 0.0899. The highest BCUT2D eigenvalue weighted by molar-refractivity contribution is 7.89. The molecular weight excluding hydrogens is 340 g/mol. The lowest BCUT2D eigenvalue weighted by atomic mass is 10.1. The second-order valence-electron chi connectivity index (χ2n) is 6.74. The molecular formula is C18H26N2O4S. The number of carbonyl (C=O) groups is 1. The fourth-order valence-corrected chi connectivity index (χ4v) is 5.36. The van der Waals surface area contributed by atoms with Gasteiger partial charge in [0.05, 0.1) is 12.3 Å². The van der Waals surface area contributed by atoms with Crippen molar-refractivity contribution >= 4 is 15.9 Å². The van der Waals surface area contributed by atoms with Crippen LogP contribution in [0.5, 0.6) is 5.75 Å². The molecule has 1 aromatic rings. The summed E-state index contributed by atoms with van der Waals surface area (Å²) >= 11 is 0. The molecule has 25 heavy (non-hydrogen) atoms. The predicted octanol–water partition coefficient (Wildman–Crippen LogP) is 1.70. The Balaban J connectivity index is 1.54. The summed E-state index contributed by atoms with van der Waals surface area (Å²) in [5, 5.41) is 2.89. The van der Waals surface area contributed by atoms with Gasteiger partial charge in [-0.2, -0.15) is 4.31 Å². The van der Waals surface area contributed by atoms with Crippen molar-refractivity contribution in [1.82, 2.24) is 9.62 Å². The van der Waals surface area contributed by atoms with Crippen molar-refractivity contribution in [3.05, 3.63) is 29.8 Å². The molecule has 2 aliphatic rings. The summed E-state index contributed by atoms with van der Waals surface area (Å²) in [6.45, 7) is 2.80. The molecule has 2 heterocycles. The van der Waals surface area contributed by atoms with Crippen LogP contribution in [0.1, 0.15) is 38.2 Å². The van der Waals surface area contributed by atoms with Crippen molar-refractivity contribution in [1.29, 1.82) is 0 Å². The SMILES string of the molecule is CCCCS(=O)(=O)N1CCCC1C(=O)NCC1Cc2ccccc2O1. The average molecular weight is 366 g/mol. The highest BCUT2D eigenvalue weighted by atomic mass is 32.2. The summed E-state index contributed by atoms with van der Waals surface area (Å²) in [4.78, 5) is 12.5. The number of hydrogen-bond acceptors (Lipinski definition) is 4. The molecule has 1 amide bonds. The van der Waals surface area contributed by atoms with Gasteiger partial charge in [0.25, 0.3) is 0 Å². The molecule has 0 aromatic heterocycles. The summed E-state index contributed by atoms with van der Waals surface area (Å²) in [6, 6.07) is 7.27. The molecule has 0 saturated carbocycles. The quantitative estimate of drug-likeness (QED) is 0.797. The van der Waals surface area contributed by atoms with Crippen molar-refractivity contribution < 1.29 is 17.9 Å². The molecule has 2 unspecified atom stereocenters. The maximum atomic E-state index is 12.5. The first kappa shape index (κ1) is 18.2. The van der Waals surface area contributed by atoms with Crippen LogP contribution >= 0.6 is 0 Å². The van der Waals surface area contributed by atoms with Gasteiger partial charge in [0.15, 0.2) is 0 Å². The van der Waals surface area contributed by atoms with Gasteiger partial charge < -0.3 is 10.1 Å². The lowest BCUT2D eigenvalue weighted by Crippen LogP contribution is -2.48. The minimum atomic E-state index is -3.36. The lowest BCUT2D eigenvalue weighted by molar-refractivity contribution is -0.124. The zero-order valence-corrected chi connectivity index (χ0v) is 15.4. The van der Waals surface area contributed by atoms with Crippen molar-refractivity contribution in [2.75, 3.05) is 18.8 Å². The number of unbranched alkanes of at least 4 members (excludes halogenated alkanes) is 1. The van der Waals surface area contributed by atoms with Gasteiger partial charge in [-0.1, -0.05) is 31.5 Å². The van der Waals surface area contributed by atoms with Crippen LogP contribution in [0, 0.1) is 0 Å². The Morgan fingerprint density at radius 2 is 2.16 bits per heavy atom. The molecule has 0 aliphatic carbocycles. The van der Waals surface area contributed by atoms with Crippen LogP contribution in [0.15, 0.2) is 24.3 Å². The highest BCUT2D eigenvalue weighted by Crippen LogP contribution is 2.28. The maximum absolute atomic E-state index is 12.5. The molecule has 3 rings (SSSR count). The number of benzene rings is 1. The van der Waals surface area contributed by atoms with E-state index < -0.39 is 16.1 Å². The summed E-state index contributed by atoms with van der Waals surface area (Å²) in [5.41, 5.74) is 1.14. The van der Waals surface area contributed by atoms with Crippen molar-refractivity contribution in [2.45, 2.75) is 51.2 Å².